The average Bonchev–Trinajstić information content (AvgIpc) is 3.14. The van der Waals surface area contributed by atoms with Crippen molar-refractivity contribution in [2.24, 2.45) is 0 Å². The normalized spacial score (nSPS) is 14.3. The van der Waals surface area contributed by atoms with Crippen LogP contribution in [-0.4, -0.2) is 0 Å². The quantitative estimate of drug-likeness (QED) is 0.174. The van der Waals surface area contributed by atoms with Crippen LogP contribution in [0.4, 0.5) is 34.1 Å². The van der Waals surface area contributed by atoms with Gasteiger partial charge in [0.05, 0.1) is 22.7 Å². The Morgan fingerprint density at radius 2 is 0.500 bits per heavy atom. The van der Waals surface area contributed by atoms with Gasteiger partial charge in [-0.3, -0.25) is 0 Å². The molecule has 8 rings (SSSR count). The first kappa shape index (κ1) is 37.6. The van der Waals surface area contributed by atoms with E-state index in [9.17, 15) is 0 Å². The van der Waals surface area contributed by atoms with Gasteiger partial charge in [0.25, 0.3) is 0 Å². The van der Waals surface area contributed by atoms with Crippen LogP contribution < -0.4 is 9.80 Å². The van der Waals surface area contributed by atoms with Crippen molar-refractivity contribution >= 4 is 45.3 Å². The molecule has 2 aliphatic rings. The number of rotatable bonds is 2. The van der Waals surface area contributed by atoms with Gasteiger partial charge in [0.1, 0.15) is 0 Å². The van der Waals surface area contributed by atoms with E-state index in [1.165, 1.54) is 89.8 Å². The molecule has 0 aliphatic carbocycles. The summed E-state index contributed by atoms with van der Waals surface area (Å²) in [5.41, 5.74) is 20.1. The van der Waals surface area contributed by atoms with Gasteiger partial charge in [-0.05, 0) is 92.4 Å². The van der Waals surface area contributed by atoms with Gasteiger partial charge < -0.3 is 9.80 Å². The van der Waals surface area contributed by atoms with Crippen molar-refractivity contribution in [2.75, 3.05) is 9.80 Å². The average molecular weight is 735 g/mol. The fraction of sp³-hybridized carbons (Fsp3) is 0.296. The standard InChI is InChI=1S/C54H58N2/c1-51(2,3)35-29-36(52(4,5)6)32-39(31-35)55-45-25-17-13-21-41(45)49(42-22-14-18-26-46(42)55)50-43-23-15-19-27-47(43)56(48-28-20-16-24-44(48)50)40-33-37(53(7,8)9)30-38(34-40)54(10,11)12/h13-34H,1-12H3. The van der Waals surface area contributed by atoms with Crippen LogP contribution in [0.2, 0.25) is 0 Å². The predicted molar refractivity (Wildman–Crippen MR) is 242 cm³/mol. The predicted octanol–water partition coefficient (Wildman–Crippen LogP) is 15.5. The zero-order valence-corrected chi connectivity index (χ0v) is 35.6. The SMILES string of the molecule is CC(C)(C)c1cc(N2c3ccccc3C(=C3c4ccccc4N(c4cc(C(C)(C)C)cc(C(C)(C)C)c4)c4ccccc43)c3ccccc32)cc(C(C)(C)C)c1. The molecule has 2 aliphatic heterocycles. The minimum atomic E-state index is -0.000589. The largest absolute Gasteiger partial charge is 0.309 e. The Hall–Kier alpha value is -5.34. The molecule has 2 heterocycles. The van der Waals surface area contributed by atoms with Crippen molar-refractivity contribution in [1.82, 2.24) is 0 Å². The first-order chi connectivity index (χ1) is 26.3. The van der Waals surface area contributed by atoms with Crippen LogP contribution in [0.1, 0.15) is 128 Å². The summed E-state index contributed by atoms with van der Waals surface area (Å²) in [5, 5.41) is 0. The Morgan fingerprint density at radius 3 is 0.714 bits per heavy atom. The molecule has 2 nitrogen and oxygen atoms in total. The first-order valence-corrected chi connectivity index (χ1v) is 20.4. The monoisotopic (exact) mass is 734 g/mol. The molecule has 0 radical (unpaired) electrons. The maximum absolute atomic E-state index is 2.51. The van der Waals surface area contributed by atoms with E-state index in [1.54, 1.807) is 0 Å². The van der Waals surface area contributed by atoms with Crippen LogP contribution in [0.15, 0.2) is 133 Å². The van der Waals surface area contributed by atoms with Crippen molar-refractivity contribution in [2.45, 2.75) is 105 Å². The minimum Gasteiger partial charge on any atom is -0.309 e. The van der Waals surface area contributed by atoms with Crippen molar-refractivity contribution in [3.05, 3.63) is 178 Å². The Kier molecular flexibility index (Phi) is 8.81. The first-order valence-electron chi connectivity index (χ1n) is 20.4. The molecule has 0 saturated carbocycles. The number of anilines is 6. The van der Waals surface area contributed by atoms with E-state index < -0.39 is 0 Å². The Balaban J connectivity index is 1.43. The van der Waals surface area contributed by atoms with Crippen molar-refractivity contribution in [1.29, 1.82) is 0 Å². The molecule has 0 saturated heterocycles. The molecule has 56 heavy (non-hydrogen) atoms. The van der Waals surface area contributed by atoms with Gasteiger partial charge in [0.15, 0.2) is 0 Å². The molecule has 0 amide bonds. The van der Waals surface area contributed by atoms with E-state index >= 15 is 0 Å². The Bertz CT molecular complexity index is 2180. The van der Waals surface area contributed by atoms with E-state index in [4.69, 9.17) is 0 Å². The molecule has 6 aromatic carbocycles. The summed E-state index contributed by atoms with van der Waals surface area (Å²) in [6.45, 7) is 27.9. The molecular weight excluding hydrogens is 677 g/mol. The second-order valence-corrected chi connectivity index (χ2v) is 20.0. The van der Waals surface area contributed by atoms with Gasteiger partial charge in [-0.2, -0.15) is 0 Å². The summed E-state index contributed by atoms with van der Waals surface area (Å²) in [6.07, 6.45) is 0. The highest BCUT2D eigenvalue weighted by Crippen LogP contribution is 2.57. The van der Waals surface area contributed by atoms with E-state index in [0.717, 1.165) is 0 Å². The summed E-state index contributed by atoms with van der Waals surface area (Å²) in [7, 11) is 0. The van der Waals surface area contributed by atoms with Gasteiger partial charge >= 0.3 is 0 Å². The molecule has 0 aromatic heterocycles. The molecule has 0 atom stereocenters. The molecule has 284 valence electrons. The third-order valence-electron chi connectivity index (χ3n) is 11.7. The fourth-order valence-corrected chi connectivity index (χ4v) is 8.38. The maximum atomic E-state index is 2.51. The number of fused-ring (bicyclic) bond motifs is 4. The van der Waals surface area contributed by atoms with Crippen LogP contribution in [0.25, 0.3) is 11.1 Å². The van der Waals surface area contributed by atoms with E-state index in [2.05, 4.69) is 226 Å². The van der Waals surface area contributed by atoms with Crippen molar-refractivity contribution in [3.63, 3.8) is 0 Å². The molecular formula is C54H58N2. The lowest BCUT2D eigenvalue weighted by Crippen LogP contribution is -2.24. The molecule has 0 fully saturated rings. The van der Waals surface area contributed by atoms with Crippen LogP contribution >= 0.6 is 0 Å². The summed E-state index contributed by atoms with van der Waals surface area (Å²) >= 11 is 0. The van der Waals surface area contributed by atoms with Gasteiger partial charge in [-0.25, -0.2) is 0 Å². The lowest BCUT2D eigenvalue weighted by molar-refractivity contribution is 0.568. The highest BCUT2D eigenvalue weighted by molar-refractivity contribution is 6.17. The second-order valence-electron chi connectivity index (χ2n) is 20.0. The Labute approximate surface area is 336 Å². The van der Waals surface area contributed by atoms with Crippen LogP contribution in [0, 0.1) is 0 Å². The van der Waals surface area contributed by atoms with Gasteiger partial charge in [0, 0.05) is 44.8 Å². The van der Waals surface area contributed by atoms with Crippen molar-refractivity contribution in [3.8, 4) is 0 Å². The number of para-hydroxylation sites is 4. The fourth-order valence-electron chi connectivity index (χ4n) is 8.38. The molecule has 0 unspecified atom stereocenters. The number of nitrogens with zero attached hydrogens (tertiary/aromatic N) is 2. The third-order valence-corrected chi connectivity index (χ3v) is 11.7. The summed E-state index contributed by atoms with van der Waals surface area (Å²) < 4.78 is 0. The van der Waals surface area contributed by atoms with E-state index in [1.807, 2.05) is 0 Å². The van der Waals surface area contributed by atoms with Crippen LogP contribution in [0.3, 0.4) is 0 Å². The number of benzene rings is 6. The van der Waals surface area contributed by atoms with Crippen molar-refractivity contribution < 1.29 is 0 Å². The highest BCUT2D eigenvalue weighted by Gasteiger charge is 2.36. The van der Waals surface area contributed by atoms with Crippen LogP contribution in [-0.2, 0) is 21.7 Å². The molecule has 0 bridgehead atoms. The Morgan fingerprint density at radius 1 is 0.286 bits per heavy atom. The zero-order chi connectivity index (χ0) is 39.9. The van der Waals surface area contributed by atoms with Crippen LogP contribution in [0.5, 0.6) is 0 Å². The molecule has 6 aromatic rings. The molecule has 2 heteroatoms. The lowest BCUT2D eigenvalue weighted by atomic mass is 9.78. The zero-order valence-electron chi connectivity index (χ0n) is 35.6. The summed E-state index contributed by atoms with van der Waals surface area (Å²) in [5.74, 6) is 0. The smallest absolute Gasteiger partial charge is 0.0540 e. The van der Waals surface area contributed by atoms with Gasteiger partial charge in [0.2, 0.25) is 0 Å². The summed E-state index contributed by atoms with van der Waals surface area (Å²) in [4.78, 5) is 5.02. The maximum Gasteiger partial charge on any atom is 0.0540 e. The molecule has 0 spiro atoms. The third kappa shape index (κ3) is 6.47. The van der Waals surface area contributed by atoms with Gasteiger partial charge in [-0.1, -0.05) is 168 Å². The highest BCUT2D eigenvalue weighted by atomic mass is 15.2. The van der Waals surface area contributed by atoms with E-state index in [-0.39, 0.29) is 21.7 Å². The van der Waals surface area contributed by atoms with Gasteiger partial charge in [-0.15, -0.1) is 0 Å². The topological polar surface area (TPSA) is 6.48 Å². The number of hydrogen-bond acceptors (Lipinski definition) is 2. The number of hydrogen-bond donors (Lipinski definition) is 0. The minimum absolute atomic E-state index is 0.000589. The summed E-state index contributed by atoms with van der Waals surface area (Å²) in [6, 6.07) is 50.7. The lowest BCUT2D eigenvalue weighted by Gasteiger charge is -2.40. The second kappa shape index (κ2) is 13.1. The molecule has 0 N–H and O–H groups in total. The van der Waals surface area contributed by atoms with E-state index in [0.29, 0.717) is 0 Å².